The minimum atomic E-state index is 0.576. The molecular formula is C14H25N5O. The predicted octanol–water partition coefficient (Wildman–Crippen LogP) is 1.58. The van der Waals surface area contributed by atoms with Gasteiger partial charge in [-0.1, -0.05) is 13.3 Å². The molecular weight excluding hydrogens is 254 g/mol. The van der Waals surface area contributed by atoms with Crippen LogP contribution in [0.3, 0.4) is 0 Å². The number of ether oxygens (including phenoxy) is 1. The SMILES string of the molecule is CCCc1c(NN)ncnc1N1CCCC(COC)C1. The third-order valence-electron chi connectivity index (χ3n) is 3.78. The highest BCUT2D eigenvalue weighted by molar-refractivity contribution is 5.58. The van der Waals surface area contributed by atoms with Crippen LogP contribution in [0.25, 0.3) is 0 Å². The number of hydrogen-bond acceptors (Lipinski definition) is 6. The molecule has 1 fully saturated rings. The fraction of sp³-hybridized carbons (Fsp3) is 0.714. The van der Waals surface area contributed by atoms with Crippen molar-refractivity contribution in [1.82, 2.24) is 9.97 Å². The van der Waals surface area contributed by atoms with E-state index in [1.165, 1.54) is 12.8 Å². The van der Waals surface area contributed by atoms with E-state index >= 15 is 0 Å². The molecule has 2 rings (SSSR count). The molecule has 1 atom stereocenters. The molecule has 0 aromatic carbocycles. The zero-order chi connectivity index (χ0) is 14.4. The Morgan fingerprint density at radius 3 is 3.05 bits per heavy atom. The normalized spacial score (nSPS) is 19.1. The van der Waals surface area contributed by atoms with Crippen LogP contribution in [0, 0.1) is 5.92 Å². The number of aromatic nitrogens is 2. The standard InChI is InChI=1S/C14H25N5O/c1-3-5-12-13(18-15)16-10-17-14(12)19-7-4-6-11(8-19)9-20-2/h10-11H,3-9,15H2,1-2H3,(H,16,17,18). The molecule has 6 heteroatoms. The summed E-state index contributed by atoms with van der Waals surface area (Å²) in [5, 5.41) is 0. The molecule has 0 aliphatic carbocycles. The highest BCUT2D eigenvalue weighted by Crippen LogP contribution is 2.28. The Bertz CT molecular complexity index is 424. The number of nitrogens with zero attached hydrogens (tertiary/aromatic N) is 3. The van der Waals surface area contributed by atoms with Gasteiger partial charge in [0.15, 0.2) is 0 Å². The maximum Gasteiger partial charge on any atom is 0.148 e. The number of piperidine rings is 1. The van der Waals surface area contributed by atoms with Crippen LogP contribution >= 0.6 is 0 Å². The van der Waals surface area contributed by atoms with Gasteiger partial charge in [0.1, 0.15) is 18.0 Å². The molecule has 0 amide bonds. The average molecular weight is 279 g/mol. The van der Waals surface area contributed by atoms with Crippen LogP contribution in [0.1, 0.15) is 31.7 Å². The first-order valence-electron chi connectivity index (χ1n) is 7.34. The lowest BCUT2D eigenvalue weighted by atomic mass is 9.98. The van der Waals surface area contributed by atoms with Crippen LogP contribution in [0.15, 0.2) is 6.33 Å². The zero-order valence-corrected chi connectivity index (χ0v) is 12.4. The smallest absolute Gasteiger partial charge is 0.148 e. The number of methoxy groups -OCH3 is 1. The second-order valence-electron chi connectivity index (χ2n) is 5.33. The highest BCUT2D eigenvalue weighted by Gasteiger charge is 2.23. The highest BCUT2D eigenvalue weighted by atomic mass is 16.5. The molecule has 1 saturated heterocycles. The fourth-order valence-electron chi connectivity index (χ4n) is 2.91. The molecule has 1 unspecified atom stereocenters. The van der Waals surface area contributed by atoms with Crippen LogP contribution in [-0.2, 0) is 11.2 Å². The number of hydrazine groups is 1. The molecule has 2 heterocycles. The summed E-state index contributed by atoms with van der Waals surface area (Å²) >= 11 is 0. The van der Waals surface area contributed by atoms with Gasteiger partial charge in [-0.25, -0.2) is 15.8 Å². The summed E-state index contributed by atoms with van der Waals surface area (Å²) < 4.78 is 5.30. The van der Waals surface area contributed by atoms with Crippen molar-refractivity contribution in [3.8, 4) is 0 Å². The molecule has 0 saturated carbocycles. The maximum atomic E-state index is 5.58. The number of nitrogen functional groups attached to an aromatic ring is 1. The Balaban J connectivity index is 2.22. The van der Waals surface area contributed by atoms with Crippen molar-refractivity contribution in [2.75, 3.05) is 37.1 Å². The van der Waals surface area contributed by atoms with Crippen LogP contribution in [-0.4, -0.2) is 36.8 Å². The Morgan fingerprint density at radius 1 is 1.50 bits per heavy atom. The van der Waals surface area contributed by atoms with Crippen LogP contribution in [0.2, 0.25) is 0 Å². The van der Waals surface area contributed by atoms with Crippen molar-refractivity contribution >= 4 is 11.6 Å². The lowest BCUT2D eigenvalue weighted by Crippen LogP contribution is -2.38. The van der Waals surface area contributed by atoms with E-state index in [2.05, 4.69) is 27.2 Å². The van der Waals surface area contributed by atoms with E-state index in [-0.39, 0.29) is 0 Å². The van der Waals surface area contributed by atoms with Crippen molar-refractivity contribution in [3.63, 3.8) is 0 Å². The zero-order valence-electron chi connectivity index (χ0n) is 12.4. The van der Waals surface area contributed by atoms with Crippen molar-refractivity contribution in [2.24, 2.45) is 11.8 Å². The lowest BCUT2D eigenvalue weighted by molar-refractivity contribution is 0.143. The van der Waals surface area contributed by atoms with Crippen LogP contribution < -0.4 is 16.2 Å². The molecule has 6 nitrogen and oxygen atoms in total. The summed E-state index contributed by atoms with van der Waals surface area (Å²) in [6, 6.07) is 0. The van der Waals surface area contributed by atoms with Crippen molar-refractivity contribution in [2.45, 2.75) is 32.6 Å². The number of anilines is 2. The maximum absolute atomic E-state index is 5.58. The van der Waals surface area contributed by atoms with Crippen molar-refractivity contribution in [3.05, 3.63) is 11.9 Å². The van der Waals surface area contributed by atoms with Gasteiger partial charge in [0.05, 0.1) is 6.61 Å². The Kier molecular flexibility index (Phi) is 5.55. The first-order chi connectivity index (χ1) is 9.80. The summed E-state index contributed by atoms with van der Waals surface area (Å²) in [6.07, 6.45) is 5.96. The Labute approximate surface area is 120 Å². The first-order valence-corrected chi connectivity index (χ1v) is 7.34. The van der Waals surface area contributed by atoms with Gasteiger partial charge in [-0.05, 0) is 25.2 Å². The van der Waals surface area contributed by atoms with Gasteiger partial charge in [0.25, 0.3) is 0 Å². The van der Waals surface area contributed by atoms with E-state index in [0.29, 0.717) is 5.92 Å². The van der Waals surface area contributed by atoms with Gasteiger partial charge in [0, 0.05) is 25.8 Å². The molecule has 20 heavy (non-hydrogen) atoms. The number of nitrogens with two attached hydrogens (primary N) is 1. The van der Waals surface area contributed by atoms with Gasteiger partial charge < -0.3 is 15.1 Å². The van der Waals surface area contributed by atoms with E-state index in [0.717, 1.165) is 49.7 Å². The second kappa shape index (κ2) is 7.40. The minimum absolute atomic E-state index is 0.576. The third-order valence-corrected chi connectivity index (χ3v) is 3.78. The summed E-state index contributed by atoms with van der Waals surface area (Å²) in [5.41, 5.74) is 3.81. The van der Waals surface area contributed by atoms with Crippen LogP contribution in [0.4, 0.5) is 11.6 Å². The van der Waals surface area contributed by atoms with Crippen LogP contribution in [0.5, 0.6) is 0 Å². The Hall–Kier alpha value is -1.40. The van der Waals surface area contributed by atoms with Gasteiger partial charge in [-0.15, -0.1) is 0 Å². The van der Waals surface area contributed by atoms with Crippen molar-refractivity contribution in [1.29, 1.82) is 0 Å². The molecule has 1 aromatic rings. The quantitative estimate of drug-likeness (QED) is 0.608. The van der Waals surface area contributed by atoms with Gasteiger partial charge in [-0.3, -0.25) is 0 Å². The minimum Gasteiger partial charge on any atom is -0.384 e. The molecule has 0 bridgehead atoms. The molecule has 3 N–H and O–H groups in total. The van der Waals surface area contributed by atoms with E-state index in [1.807, 2.05) is 0 Å². The number of hydrogen-bond donors (Lipinski definition) is 2. The predicted molar refractivity (Wildman–Crippen MR) is 80.7 cm³/mol. The fourth-order valence-corrected chi connectivity index (χ4v) is 2.91. The molecule has 0 radical (unpaired) electrons. The third kappa shape index (κ3) is 3.37. The average Bonchev–Trinajstić information content (AvgIpc) is 2.48. The Morgan fingerprint density at radius 2 is 2.35 bits per heavy atom. The first kappa shape index (κ1) is 15.0. The van der Waals surface area contributed by atoms with E-state index in [4.69, 9.17) is 10.6 Å². The topological polar surface area (TPSA) is 76.3 Å². The summed E-state index contributed by atoms with van der Waals surface area (Å²) in [5.74, 6) is 7.92. The van der Waals surface area contributed by atoms with Crippen molar-refractivity contribution < 1.29 is 4.74 Å². The van der Waals surface area contributed by atoms with Gasteiger partial charge in [-0.2, -0.15) is 0 Å². The van der Waals surface area contributed by atoms with Gasteiger partial charge in [0.2, 0.25) is 0 Å². The molecule has 1 aliphatic rings. The lowest BCUT2D eigenvalue weighted by Gasteiger charge is -2.34. The number of nitrogens with one attached hydrogen (secondary N) is 1. The van der Waals surface area contributed by atoms with E-state index in [1.54, 1.807) is 13.4 Å². The largest absolute Gasteiger partial charge is 0.384 e. The monoisotopic (exact) mass is 279 g/mol. The molecule has 1 aromatic heterocycles. The second-order valence-corrected chi connectivity index (χ2v) is 5.33. The molecule has 1 aliphatic heterocycles. The molecule has 112 valence electrons. The molecule has 0 spiro atoms. The van der Waals surface area contributed by atoms with E-state index < -0.39 is 0 Å². The van der Waals surface area contributed by atoms with Gasteiger partial charge >= 0.3 is 0 Å². The summed E-state index contributed by atoms with van der Waals surface area (Å²) in [7, 11) is 1.77. The number of rotatable bonds is 6. The summed E-state index contributed by atoms with van der Waals surface area (Å²) in [6.45, 7) is 5.00. The van der Waals surface area contributed by atoms with E-state index in [9.17, 15) is 0 Å². The summed E-state index contributed by atoms with van der Waals surface area (Å²) in [4.78, 5) is 11.1.